The number of benzene rings is 1. The van der Waals surface area contributed by atoms with E-state index < -0.39 is 0 Å². The molecule has 0 atom stereocenters. The summed E-state index contributed by atoms with van der Waals surface area (Å²) < 4.78 is 5.40. The average Bonchev–Trinajstić information content (AvgIpc) is 2.42. The van der Waals surface area contributed by atoms with Crippen LogP contribution in [0.4, 0.5) is 5.82 Å². The number of aryl methyl sites for hydroxylation is 2. The standard InChI is InChI=1S/C14H17N3OS/c1-9-5-6-10(2)11(7-9)19-14-12(18-4)13(15-3)16-8-17-14/h5-8H,1-4H3,(H,15,16,17). The van der Waals surface area contributed by atoms with Gasteiger partial charge in [-0.25, -0.2) is 9.97 Å². The summed E-state index contributed by atoms with van der Waals surface area (Å²) in [4.78, 5) is 9.64. The summed E-state index contributed by atoms with van der Waals surface area (Å²) in [5.74, 6) is 1.38. The summed E-state index contributed by atoms with van der Waals surface area (Å²) in [6.07, 6.45) is 1.54. The average molecular weight is 275 g/mol. The highest BCUT2D eigenvalue weighted by atomic mass is 32.2. The maximum Gasteiger partial charge on any atom is 0.194 e. The molecule has 0 aliphatic heterocycles. The van der Waals surface area contributed by atoms with Crippen molar-refractivity contribution in [1.29, 1.82) is 0 Å². The van der Waals surface area contributed by atoms with Crippen LogP contribution in [-0.2, 0) is 0 Å². The van der Waals surface area contributed by atoms with Crippen LogP contribution in [-0.4, -0.2) is 24.1 Å². The molecule has 0 aliphatic rings. The van der Waals surface area contributed by atoms with Gasteiger partial charge in [0.1, 0.15) is 11.4 Å². The molecule has 100 valence electrons. The van der Waals surface area contributed by atoms with E-state index in [0.717, 1.165) is 5.03 Å². The molecule has 0 saturated carbocycles. The Morgan fingerprint density at radius 2 is 2.00 bits per heavy atom. The molecule has 1 aromatic carbocycles. The fourth-order valence-electron chi connectivity index (χ4n) is 1.71. The number of hydrogen-bond acceptors (Lipinski definition) is 5. The summed E-state index contributed by atoms with van der Waals surface area (Å²) >= 11 is 1.59. The predicted octanol–water partition coefficient (Wildman–Crippen LogP) is 3.29. The third-order valence-electron chi connectivity index (χ3n) is 2.76. The number of ether oxygens (including phenoxy) is 1. The Balaban J connectivity index is 2.40. The van der Waals surface area contributed by atoms with E-state index in [2.05, 4.69) is 47.3 Å². The van der Waals surface area contributed by atoms with E-state index in [1.807, 2.05) is 7.05 Å². The lowest BCUT2D eigenvalue weighted by atomic mass is 10.2. The second kappa shape index (κ2) is 5.93. The zero-order chi connectivity index (χ0) is 13.8. The van der Waals surface area contributed by atoms with Crippen LogP contribution in [0.25, 0.3) is 0 Å². The third-order valence-corrected chi connectivity index (χ3v) is 3.91. The van der Waals surface area contributed by atoms with Gasteiger partial charge in [-0.3, -0.25) is 0 Å². The maximum atomic E-state index is 5.40. The van der Waals surface area contributed by atoms with E-state index in [1.165, 1.54) is 16.0 Å². The van der Waals surface area contributed by atoms with Gasteiger partial charge in [0.15, 0.2) is 11.6 Å². The van der Waals surface area contributed by atoms with Crippen molar-refractivity contribution in [3.05, 3.63) is 35.7 Å². The molecule has 5 heteroatoms. The molecule has 0 radical (unpaired) electrons. The third kappa shape index (κ3) is 2.98. The number of nitrogens with zero attached hydrogens (tertiary/aromatic N) is 2. The first-order valence-electron chi connectivity index (χ1n) is 5.97. The minimum absolute atomic E-state index is 0.677. The van der Waals surface area contributed by atoms with Gasteiger partial charge >= 0.3 is 0 Å². The zero-order valence-corrected chi connectivity index (χ0v) is 12.3. The molecular formula is C14H17N3OS. The topological polar surface area (TPSA) is 47.0 Å². The van der Waals surface area contributed by atoms with E-state index in [1.54, 1.807) is 25.2 Å². The Morgan fingerprint density at radius 1 is 1.21 bits per heavy atom. The highest BCUT2D eigenvalue weighted by molar-refractivity contribution is 7.99. The van der Waals surface area contributed by atoms with Crippen molar-refractivity contribution in [3.63, 3.8) is 0 Å². The van der Waals surface area contributed by atoms with Gasteiger partial charge in [0.25, 0.3) is 0 Å². The van der Waals surface area contributed by atoms with Crippen LogP contribution in [0.15, 0.2) is 34.4 Å². The van der Waals surface area contributed by atoms with E-state index in [9.17, 15) is 0 Å². The molecule has 2 aromatic rings. The Hall–Kier alpha value is -1.75. The van der Waals surface area contributed by atoms with Crippen LogP contribution in [0.2, 0.25) is 0 Å². The van der Waals surface area contributed by atoms with Crippen LogP contribution in [0.3, 0.4) is 0 Å². The summed E-state index contributed by atoms with van der Waals surface area (Å²) in [6, 6.07) is 6.38. The molecule has 0 aliphatic carbocycles. The first-order valence-corrected chi connectivity index (χ1v) is 6.79. The molecule has 19 heavy (non-hydrogen) atoms. The normalized spacial score (nSPS) is 10.3. The summed E-state index contributed by atoms with van der Waals surface area (Å²) in [6.45, 7) is 4.17. The van der Waals surface area contributed by atoms with Crippen molar-refractivity contribution in [1.82, 2.24) is 9.97 Å². The molecular weight excluding hydrogens is 258 g/mol. The maximum absolute atomic E-state index is 5.40. The number of anilines is 1. The molecule has 2 rings (SSSR count). The first kappa shape index (κ1) is 13.7. The molecule has 0 fully saturated rings. The van der Waals surface area contributed by atoms with Crippen molar-refractivity contribution < 1.29 is 4.74 Å². The first-order chi connectivity index (χ1) is 9.15. The van der Waals surface area contributed by atoms with E-state index in [4.69, 9.17) is 4.74 Å². The molecule has 0 bridgehead atoms. The fourth-order valence-corrected chi connectivity index (χ4v) is 2.77. The summed E-state index contributed by atoms with van der Waals surface area (Å²) in [7, 11) is 3.45. The Bertz CT molecular complexity index is 587. The van der Waals surface area contributed by atoms with Crippen molar-refractivity contribution in [2.75, 3.05) is 19.5 Å². The van der Waals surface area contributed by atoms with Crippen LogP contribution in [0, 0.1) is 13.8 Å². The zero-order valence-electron chi connectivity index (χ0n) is 11.5. The van der Waals surface area contributed by atoms with Gasteiger partial charge in [0.05, 0.1) is 7.11 Å². The molecule has 0 spiro atoms. The van der Waals surface area contributed by atoms with Crippen molar-refractivity contribution in [3.8, 4) is 5.75 Å². The lowest BCUT2D eigenvalue weighted by Gasteiger charge is -2.12. The van der Waals surface area contributed by atoms with Crippen LogP contribution in [0.1, 0.15) is 11.1 Å². The van der Waals surface area contributed by atoms with Gasteiger partial charge in [-0.2, -0.15) is 0 Å². The Kier molecular flexibility index (Phi) is 4.27. The minimum Gasteiger partial charge on any atom is -0.490 e. The number of methoxy groups -OCH3 is 1. The van der Waals surface area contributed by atoms with Gasteiger partial charge in [-0.05, 0) is 31.0 Å². The quantitative estimate of drug-likeness (QED) is 0.868. The number of nitrogens with one attached hydrogen (secondary N) is 1. The van der Waals surface area contributed by atoms with Crippen LogP contribution in [0.5, 0.6) is 5.75 Å². The largest absolute Gasteiger partial charge is 0.490 e. The van der Waals surface area contributed by atoms with E-state index in [0.29, 0.717) is 11.6 Å². The summed E-state index contributed by atoms with van der Waals surface area (Å²) in [5, 5.41) is 3.82. The lowest BCUT2D eigenvalue weighted by molar-refractivity contribution is 0.400. The smallest absolute Gasteiger partial charge is 0.194 e. The molecule has 1 aromatic heterocycles. The molecule has 0 unspecified atom stereocenters. The monoisotopic (exact) mass is 275 g/mol. The van der Waals surface area contributed by atoms with Gasteiger partial charge in [0, 0.05) is 11.9 Å². The number of aromatic nitrogens is 2. The van der Waals surface area contributed by atoms with Crippen molar-refractivity contribution >= 4 is 17.6 Å². The van der Waals surface area contributed by atoms with E-state index in [-0.39, 0.29) is 0 Å². The van der Waals surface area contributed by atoms with Gasteiger partial charge in [-0.15, -0.1) is 0 Å². The lowest BCUT2D eigenvalue weighted by Crippen LogP contribution is -2.00. The van der Waals surface area contributed by atoms with E-state index >= 15 is 0 Å². The van der Waals surface area contributed by atoms with Gasteiger partial charge in [0.2, 0.25) is 0 Å². The highest BCUT2D eigenvalue weighted by Gasteiger charge is 2.13. The fraction of sp³-hybridized carbons (Fsp3) is 0.286. The van der Waals surface area contributed by atoms with Crippen LogP contribution >= 0.6 is 11.8 Å². The molecule has 0 amide bonds. The highest BCUT2D eigenvalue weighted by Crippen LogP contribution is 2.37. The molecule has 0 saturated heterocycles. The van der Waals surface area contributed by atoms with Gasteiger partial charge in [-0.1, -0.05) is 23.9 Å². The molecule has 4 nitrogen and oxygen atoms in total. The minimum atomic E-state index is 0.677. The number of hydrogen-bond donors (Lipinski definition) is 1. The Morgan fingerprint density at radius 3 is 2.68 bits per heavy atom. The SMILES string of the molecule is CNc1ncnc(Sc2cc(C)ccc2C)c1OC. The Labute approximate surface area is 117 Å². The van der Waals surface area contributed by atoms with Crippen LogP contribution < -0.4 is 10.1 Å². The molecule has 1 N–H and O–H groups in total. The van der Waals surface area contributed by atoms with Crippen molar-refractivity contribution in [2.24, 2.45) is 0 Å². The number of rotatable bonds is 4. The second-order valence-corrected chi connectivity index (χ2v) is 5.21. The summed E-state index contributed by atoms with van der Waals surface area (Å²) in [5.41, 5.74) is 2.46. The van der Waals surface area contributed by atoms with Crippen molar-refractivity contribution in [2.45, 2.75) is 23.8 Å². The van der Waals surface area contributed by atoms with Gasteiger partial charge < -0.3 is 10.1 Å². The second-order valence-electron chi connectivity index (χ2n) is 4.18. The molecule has 1 heterocycles. The predicted molar refractivity (Wildman–Crippen MR) is 78.2 cm³/mol.